The minimum absolute atomic E-state index is 0. The Kier molecular flexibility index (Phi) is 42.0. The molecule has 0 amide bonds. The SMILES string of the molecule is [C]=O.[C]=O.[Cl][Rh]([Cl])([Cl])([Cl])[Cl].[CsH].[CsH]. The average molecular weight is 604 g/mol. The summed E-state index contributed by atoms with van der Waals surface area (Å²) in [7, 11) is 21.0. The van der Waals surface area contributed by atoms with Gasteiger partial charge in [-0.1, -0.05) is 0 Å². The van der Waals surface area contributed by atoms with Gasteiger partial charge in [-0.05, 0) is 0 Å². The van der Waals surface area contributed by atoms with Gasteiger partial charge in [-0.2, -0.15) is 0 Å². The predicted molar refractivity (Wildman–Crippen MR) is 55.0 cm³/mol. The molecule has 0 rings (SSSR count). The van der Waals surface area contributed by atoms with Crippen molar-refractivity contribution < 1.29 is 18.2 Å². The van der Waals surface area contributed by atoms with Crippen molar-refractivity contribution in [2.24, 2.45) is 0 Å². The van der Waals surface area contributed by atoms with Crippen LogP contribution in [0.4, 0.5) is 0 Å². The van der Waals surface area contributed by atoms with Crippen LogP contribution in [0.1, 0.15) is 0 Å². The van der Waals surface area contributed by atoms with E-state index in [0.717, 1.165) is 0 Å². The molecule has 0 fully saturated rings. The Morgan fingerprint density at radius 2 is 0.667 bits per heavy atom. The molecule has 10 heteroatoms. The minimum atomic E-state index is -4.04. The van der Waals surface area contributed by atoms with Crippen LogP contribution in [0.3, 0.4) is 0 Å². The van der Waals surface area contributed by atoms with Gasteiger partial charge in [0.1, 0.15) is 0 Å². The maximum absolute atomic E-state index is 7.50. The molecule has 0 aliphatic carbocycles. The quantitative estimate of drug-likeness (QED) is 0.392. The maximum atomic E-state index is 7.50. The third-order valence-electron chi connectivity index (χ3n) is 0. The zero-order chi connectivity index (χ0) is 9.45. The van der Waals surface area contributed by atoms with Crippen molar-refractivity contribution in [2.45, 2.75) is 0 Å². The Morgan fingerprint density at radius 3 is 0.667 bits per heavy atom. The molecule has 68 valence electrons. The molecule has 0 atom stereocenters. The summed E-state index contributed by atoms with van der Waals surface area (Å²) in [6, 6.07) is 0. The van der Waals surface area contributed by atoms with E-state index < -0.39 is 8.65 Å². The molecule has 12 heavy (non-hydrogen) atoms. The summed E-state index contributed by atoms with van der Waals surface area (Å²) in [5, 5.41) is 0. The predicted octanol–water partition coefficient (Wildman–Crippen LogP) is 1.35. The Morgan fingerprint density at radius 1 is 0.667 bits per heavy atom. The van der Waals surface area contributed by atoms with E-state index in [-0.39, 0.29) is 138 Å². The summed E-state index contributed by atoms with van der Waals surface area (Å²) >= 11 is 0. The third kappa shape index (κ3) is 107. The molecule has 0 aliphatic rings. The van der Waals surface area contributed by atoms with E-state index in [1.807, 2.05) is 0 Å². The summed E-state index contributed by atoms with van der Waals surface area (Å²) in [4.78, 5) is 15.0. The topological polar surface area (TPSA) is 34.1 Å². The summed E-state index contributed by atoms with van der Waals surface area (Å²) in [5.74, 6) is 0. The van der Waals surface area contributed by atoms with E-state index in [4.69, 9.17) is 58.0 Å². The van der Waals surface area contributed by atoms with Crippen LogP contribution in [-0.2, 0) is 18.2 Å². The van der Waals surface area contributed by atoms with Crippen LogP contribution in [-0.4, -0.2) is 151 Å². The third-order valence-corrected chi connectivity index (χ3v) is 0. The van der Waals surface area contributed by atoms with Gasteiger partial charge in [0.15, 0.2) is 0 Å². The Labute approximate surface area is 210 Å². The van der Waals surface area contributed by atoms with E-state index in [1.165, 1.54) is 0 Å². The van der Waals surface area contributed by atoms with Gasteiger partial charge < -0.3 is 0 Å². The fourth-order valence-electron chi connectivity index (χ4n) is 0. The summed E-state index contributed by atoms with van der Waals surface area (Å²) in [6.07, 6.45) is 0. The van der Waals surface area contributed by atoms with Gasteiger partial charge >= 0.3 is 195 Å². The second-order valence-electron chi connectivity index (χ2n) is 0.476. The van der Waals surface area contributed by atoms with Gasteiger partial charge in [-0.25, -0.2) is 0 Å². The van der Waals surface area contributed by atoms with Gasteiger partial charge in [0, 0.05) is 0 Å². The molecule has 0 aliphatic heterocycles. The first-order valence-corrected chi connectivity index (χ1v) is 11.6. The first-order valence-electron chi connectivity index (χ1n) is 1.04. The normalized spacial score (nSPS) is 10.2. The molecule has 0 aromatic heterocycles. The second-order valence-corrected chi connectivity index (χ2v) is 25.4. The number of rotatable bonds is 0. The zero-order valence-corrected chi connectivity index (χ0v) is 9.46. The van der Waals surface area contributed by atoms with Crippen LogP contribution in [0.2, 0.25) is 0 Å². The van der Waals surface area contributed by atoms with E-state index in [9.17, 15) is 0 Å². The molecule has 0 N–H and O–H groups in total. The fraction of sp³-hybridized carbons (Fsp3) is 0. The van der Waals surface area contributed by atoms with E-state index in [2.05, 4.69) is 13.6 Å². The van der Waals surface area contributed by atoms with Crippen LogP contribution >= 0.6 is 48.5 Å². The first kappa shape index (κ1) is 30.5. The summed E-state index contributed by atoms with van der Waals surface area (Å²) < 4.78 is 0. The van der Waals surface area contributed by atoms with Gasteiger partial charge in [0.05, 0.1) is 0 Å². The molecular formula is C2H2Cl5Cs2O2Rh. The van der Waals surface area contributed by atoms with Gasteiger partial charge in [0.2, 0.25) is 0 Å². The molecule has 0 spiro atoms. The Hall–Kier alpha value is 5.52. The van der Waals surface area contributed by atoms with Crippen LogP contribution in [0.15, 0.2) is 0 Å². The van der Waals surface area contributed by atoms with Crippen molar-refractivity contribution in [3.8, 4) is 0 Å². The van der Waals surface area contributed by atoms with Crippen LogP contribution < -0.4 is 0 Å². The van der Waals surface area contributed by atoms with E-state index >= 15 is 0 Å². The molecule has 0 aromatic carbocycles. The number of hydrogen-bond acceptors (Lipinski definition) is 2. The Balaban J connectivity index is -0.0000000241. The van der Waals surface area contributed by atoms with Crippen molar-refractivity contribution >= 4 is 200 Å². The molecule has 0 saturated heterocycles. The standard InChI is InChI=1S/2CO.5ClH.2Cs.Rh.2H/c2*1-2;;;;;;;;;;/h;;5*1H;;;;;/q;;;;;;;;;+5;;/p-5. The second kappa shape index (κ2) is 16.5. The summed E-state index contributed by atoms with van der Waals surface area (Å²) in [6.45, 7) is 9.00. The monoisotopic (exact) mass is 602 g/mol. The Bertz CT molecular complexity index is 76.2. The molecule has 0 aromatic rings. The summed E-state index contributed by atoms with van der Waals surface area (Å²) in [5.41, 5.74) is 0. The first-order chi connectivity index (χ1) is 4.24. The van der Waals surface area contributed by atoms with Gasteiger partial charge in [0.25, 0.3) is 13.6 Å². The van der Waals surface area contributed by atoms with Crippen molar-refractivity contribution in [1.82, 2.24) is 0 Å². The van der Waals surface area contributed by atoms with Gasteiger partial charge in [-0.3, -0.25) is 9.59 Å². The molecular weight excluding hydrogens is 602 g/mol. The number of halogens is 5. The van der Waals surface area contributed by atoms with Crippen molar-refractivity contribution in [1.29, 1.82) is 0 Å². The molecule has 2 nitrogen and oxygen atoms in total. The van der Waals surface area contributed by atoms with Crippen molar-refractivity contribution in [3.63, 3.8) is 0 Å². The van der Waals surface area contributed by atoms with E-state index in [1.54, 1.807) is 0 Å². The average Bonchev–Trinajstić information content (AvgIpc) is 1.70. The number of carbonyl (C=O) groups excluding carboxylic acids is 2. The van der Waals surface area contributed by atoms with Crippen LogP contribution in [0.25, 0.3) is 0 Å². The van der Waals surface area contributed by atoms with E-state index in [0.29, 0.717) is 0 Å². The molecule has 0 unspecified atom stereocenters. The van der Waals surface area contributed by atoms with Gasteiger partial charge in [-0.15, -0.1) is 0 Å². The van der Waals surface area contributed by atoms with Crippen LogP contribution in [0.5, 0.6) is 0 Å². The number of hydrogen-bond donors (Lipinski definition) is 0. The molecule has 0 heterocycles. The fourth-order valence-corrected chi connectivity index (χ4v) is 0. The van der Waals surface area contributed by atoms with Crippen LogP contribution in [0, 0.1) is 0 Å². The molecule has 0 saturated carbocycles. The molecule has 0 bridgehead atoms. The van der Waals surface area contributed by atoms with Crippen molar-refractivity contribution in [3.05, 3.63) is 0 Å². The van der Waals surface area contributed by atoms with Crippen molar-refractivity contribution in [2.75, 3.05) is 0 Å². The zero-order valence-electron chi connectivity index (χ0n) is 4.04. The molecule has 4 radical (unpaired) electrons.